The van der Waals surface area contributed by atoms with Crippen LogP contribution in [0, 0.1) is 0 Å². The molecule has 1 saturated heterocycles. The smallest absolute Gasteiger partial charge is 0.387 e. The Kier molecular flexibility index (Phi) is 6.76. The first kappa shape index (κ1) is 26.0. The SMILES string of the molecule is C[C@]1(COP(=O)(O)OP(=O)(O)OP(=O)(O)O)O[C@@H](n2cnc3c(=O)[nH]c(N)nc32)[C@@H](F)[C@H]1O. The number of H-pyrrole nitrogens is 1. The number of phosphoric ester groups is 1. The Hall–Kier alpha value is -1.59. The van der Waals surface area contributed by atoms with Crippen LogP contribution in [0.3, 0.4) is 0 Å². The van der Waals surface area contributed by atoms with Crippen LogP contribution < -0.4 is 11.3 Å². The van der Waals surface area contributed by atoms with Crippen molar-refractivity contribution < 1.29 is 60.6 Å². The second kappa shape index (κ2) is 8.57. The van der Waals surface area contributed by atoms with E-state index in [-0.39, 0.29) is 17.1 Å². The predicted molar refractivity (Wildman–Crippen MR) is 102 cm³/mol. The summed E-state index contributed by atoms with van der Waals surface area (Å²) < 4.78 is 66.7. The fraction of sp³-hybridized carbons (Fsp3) is 0.545. The van der Waals surface area contributed by atoms with E-state index in [2.05, 4.69) is 28.1 Å². The maximum Gasteiger partial charge on any atom is 0.490 e. The number of ether oxygens (including phenoxy) is 1. The molecule has 0 bridgehead atoms. The number of alkyl halides is 1. The number of fused-ring (bicyclic) bond motifs is 1. The van der Waals surface area contributed by atoms with Crippen molar-refractivity contribution in [2.75, 3.05) is 12.3 Å². The highest BCUT2D eigenvalue weighted by Crippen LogP contribution is 2.66. The normalized spacial score (nSPS) is 29.7. The number of aliphatic hydroxyl groups excluding tert-OH is 1. The molecule has 6 atom stereocenters. The van der Waals surface area contributed by atoms with Crippen molar-refractivity contribution >= 4 is 40.6 Å². The Bertz CT molecular complexity index is 1260. The third-order valence-electron chi connectivity index (χ3n) is 4.24. The number of anilines is 1. The molecule has 1 aliphatic rings. The number of aromatic amines is 1. The number of nitrogens with zero attached hydrogens (tertiary/aromatic N) is 3. The Morgan fingerprint density at radius 1 is 1.27 bits per heavy atom. The van der Waals surface area contributed by atoms with Crippen LogP contribution >= 0.6 is 23.5 Å². The summed E-state index contributed by atoms with van der Waals surface area (Å²) >= 11 is 0. The molecule has 2 aromatic heterocycles. The van der Waals surface area contributed by atoms with Crippen LogP contribution in [0.4, 0.5) is 10.3 Å². The van der Waals surface area contributed by atoms with Crippen molar-refractivity contribution in [1.82, 2.24) is 19.5 Å². The molecule has 33 heavy (non-hydrogen) atoms. The number of imidazole rings is 1. The summed E-state index contributed by atoms with van der Waals surface area (Å²) in [5.41, 5.74) is 2.22. The van der Waals surface area contributed by atoms with Crippen molar-refractivity contribution in [2.45, 2.75) is 31.0 Å². The van der Waals surface area contributed by atoms with E-state index in [9.17, 15) is 32.9 Å². The molecule has 1 fully saturated rings. The Morgan fingerprint density at radius 3 is 2.52 bits per heavy atom. The van der Waals surface area contributed by atoms with Crippen molar-refractivity contribution in [3.8, 4) is 0 Å². The molecular weight excluding hydrogens is 522 g/mol. The van der Waals surface area contributed by atoms with E-state index >= 15 is 0 Å². The zero-order valence-electron chi connectivity index (χ0n) is 16.2. The average Bonchev–Trinajstić information content (AvgIpc) is 3.12. The zero-order chi connectivity index (χ0) is 25.0. The first-order valence-corrected chi connectivity index (χ1v) is 13.0. The van der Waals surface area contributed by atoms with Crippen LogP contribution in [0.15, 0.2) is 11.1 Å². The summed E-state index contributed by atoms with van der Waals surface area (Å²) in [6, 6.07) is 0. The molecule has 0 aliphatic carbocycles. The summed E-state index contributed by atoms with van der Waals surface area (Å²) in [5, 5.41) is 10.3. The van der Waals surface area contributed by atoms with Crippen molar-refractivity contribution in [3.63, 3.8) is 0 Å². The molecule has 0 saturated carbocycles. The lowest BCUT2D eigenvalue weighted by Gasteiger charge is -2.27. The monoisotopic (exact) mass is 539 g/mol. The van der Waals surface area contributed by atoms with Gasteiger partial charge in [0.1, 0.15) is 11.7 Å². The van der Waals surface area contributed by atoms with E-state index in [1.807, 2.05) is 0 Å². The van der Waals surface area contributed by atoms with Crippen molar-refractivity contribution in [1.29, 1.82) is 0 Å². The summed E-state index contributed by atoms with van der Waals surface area (Å²) in [4.78, 5) is 57.4. The first-order chi connectivity index (χ1) is 14.9. The van der Waals surface area contributed by atoms with E-state index < -0.39 is 59.7 Å². The predicted octanol–water partition coefficient (Wildman–Crippen LogP) is -0.968. The van der Waals surface area contributed by atoms with Gasteiger partial charge in [0.15, 0.2) is 23.6 Å². The number of halogens is 1. The number of aliphatic hydroxyl groups is 1. The highest BCUT2D eigenvalue weighted by atomic mass is 31.3. The van der Waals surface area contributed by atoms with Crippen LogP contribution in [0.5, 0.6) is 0 Å². The number of hydrogen-bond acceptors (Lipinski definition) is 12. The van der Waals surface area contributed by atoms with Crippen LogP contribution in [-0.2, 0) is 31.6 Å². The van der Waals surface area contributed by atoms with Gasteiger partial charge < -0.3 is 35.2 Å². The van der Waals surface area contributed by atoms with E-state index in [4.69, 9.17) is 25.2 Å². The van der Waals surface area contributed by atoms with Crippen LogP contribution in [0.25, 0.3) is 11.2 Å². The quantitative estimate of drug-likeness (QED) is 0.199. The van der Waals surface area contributed by atoms with Gasteiger partial charge in [-0.3, -0.25) is 18.9 Å². The minimum Gasteiger partial charge on any atom is -0.387 e. The average molecular weight is 539 g/mol. The minimum absolute atomic E-state index is 0.201. The summed E-state index contributed by atoms with van der Waals surface area (Å²) in [6.45, 7) is -0.0831. The van der Waals surface area contributed by atoms with Crippen molar-refractivity contribution in [3.05, 3.63) is 16.7 Å². The molecule has 3 heterocycles. The maximum absolute atomic E-state index is 14.9. The summed E-state index contributed by atoms with van der Waals surface area (Å²) in [7, 11) is -16.9. The van der Waals surface area contributed by atoms with Crippen LogP contribution in [-0.4, -0.2) is 68.7 Å². The molecular formula is C11H17FN5O13P3. The molecule has 2 unspecified atom stereocenters. The molecule has 1 aliphatic heterocycles. The number of phosphoric acid groups is 3. The maximum atomic E-state index is 14.9. The highest BCUT2D eigenvalue weighted by molar-refractivity contribution is 7.66. The molecule has 0 amide bonds. The lowest BCUT2D eigenvalue weighted by molar-refractivity contribution is -0.113. The topological polar surface area (TPSA) is 279 Å². The van der Waals surface area contributed by atoms with Gasteiger partial charge >= 0.3 is 23.5 Å². The molecule has 0 spiro atoms. The lowest BCUT2D eigenvalue weighted by Crippen LogP contribution is -2.43. The van der Waals surface area contributed by atoms with Gasteiger partial charge in [0.2, 0.25) is 5.95 Å². The standard InChI is InChI=1S/C11H17FN5O13P3/c1-11(2-27-32(23,24)30-33(25,26)29-31(20,21)22)6(18)4(12)9(28-11)17-3-14-5-7(17)15-10(13)16-8(5)19/h3-4,6,9,18H,2H2,1H3,(H,23,24)(H,25,26)(H2,20,21,22)(H3,13,15,16,19)/t4-,6+,9+,11+/m0/s1. The third kappa shape index (κ3) is 5.74. The number of hydrogen-bond donors (Lipinski definition) is 7. The number of nitrogens with two attached hydrogens (primary N) is 1. The first-order valence-electron chi connectivity index (χ1n) is 8.44. The van der Waals surface area contributed by atoms with Gasteiger partial charge in [-0.1, -0.05) is 0 Å². The summed E-state index contributed by atoms with van der Waals surface area (Å²) in [5.74, 6) is -0.321. The molecule has 2 aromatic rings. The van der Waals surface area contributed by atoms with Crippen molar-refractivity contribution in [2.24, 2.45) is 0 Å². The highest BCUT2D eigenvalue weighted by Gasteiger charge is 2.55. The number of rotatable bonds is 8. The molecule has 0 aromatic carbocycles. The van der Waals surface area contributed by atoms with E-state index in [0.29, 0.717) is 0 Å². The van der Waals surface area contributed by atoms with Crippen LogP contribution in [0.1, 0.15) is 13.2 Å². The van der Waals surface area contributed by atoms with E-state index in [0.717, 1.165) is 17.8 Å². The molecule has 22 heteroatoms. The van der Waals surface area contributed by atoms with E-state index in [1.54, 1.807) is 0 Å². The molecule has 8 N–H and O–H groups in total. The van der Waals surface area contributed by atoms with Gasteiger partial charge in [-0.2, -0.15) is 13.6 Å². The number of nitrogen functional groups attached to an aromatic ring is 1. The molecule has 0 radical (unpaired) electrons. The van der Waals surface area contributed by atoms with Gasteiger partial charge in [0.25, 0.3) is 5.56 Å². The lowest BCUT2D eigenvalue weighted by atomic mass is 9.99. The number of nitrogens with one attached hydrogen (secondary N) is 1. The molecule has 18 nitrogen and oxygen atoms in total. The Labute approximate surface area is 181 Å². The van der Waals surface area contributed by atoms with Gasteiger partial charge in [-0.15, -0.1) is 0 Å². The van der Waals surface area contributed by atoms with Gasteiger partial charge in [0, 0.05) is 0 Å². The fourth-order valence-electron chi connectivity index (χ4n) is 2.88. The Balaban J connectivity index is 1.79. The largest absolute Gasteiger partial charge is 0.490 e. The zero-order valence-corrected chi connectivity index (χ0v) is 18.8. The van der Waals surface area contributed by atoms with E-state index in [1.165, 1.54) is 0 Å². The van der Waals surface area contributed by atoms with Crippen LogP contribution in [0.2, 0.25) is 0 Å². The molecule has 3 rings (SSSR count). The van der Waals surface area contributed by atoms with Gasteiger partial charge in [-0.05, 0) is 6.92 Å². The Morgan fingerprint density at radius 2 is 1.91 bits per heavy atom. The fourth-order valence-corrected chi connectivity index (χ4v) is 5.99. The number of aromatic nitrogens is 4. The second-order valence-corrected chi connectivity index (χ2v) is 11.3. The molecule has 186 valence electrons. The summed E-state index contributed by atoms with van der Waals surface area (Å²) in [6.07, 6.45) is -4.94. The second-order valence-electron chi connectivity index (χ2n) is 6.85. The van der Waals surface area contributed by atoms with Gasteiger partial charge in [0.05, 0.1) is 12.9 Å². The van der Waals surface area contributed by atoms with Gasteiger partial charge in [-0.25, -0.2) is 23.1 Å². The third-order valence-corrected chi connectivity index (χ3v) is 8.03. The minimum atomic E-state index is -5.78.